The van der Waals surface area contributed by atoms with Crippen LogP contribution >= 0.6 is 11.6 Å². The van der Waals surface area contributed by atoms with Gasteiger partial charge < -0.3 is 21.3 Å². The summed E-state index contributed by atoms with van der Waals surface area (Å²) in [5.74, 6) is -1.23. The first-order valence-corrected chi connectivity index (χ1v) is 12.4. The average molecular weight is 524 g/mol. The van der Waals surface area contributed by atoms with E-state index in [2.05, 4.69) is 20.7 Å². The van der Waals surface area contributed by atoms with Crippen molar-refractivity contribution in [3.05, 3.63) is 52.8 Å². The van der Waals surface area contributed by atoms with Crippen molar-refractivity contribution in [2.24, 2.45) is 5.73 Å². The van der Waals surface area contributed by atoms with Crippen molar-refractivity contribution in [2.45, 2.75) is 50.7 Å². The molecule has 2 fully saturated rings. The lowest BCUT2D eigenvalue weighted by molar-refractivity contribution is -0.135. The second-order valence-electron chi connectivity index (χ2n) is 9.39. The Morgan fingerprint density at radius 1 is 1.08 bits per heavy atom. The van der Waals surface area contributed by atoms with Crippen LogP contribution < -0.4 is 16.4 Å². The SMILES string of the molecule is NC(=O)c1nn(CC(=O)N(CC(=O)Nc2cccc(Cl)n2)C2CC2)c2ccc(CC(=O)NC3CC3)cc12. The molecule has 0 spiro atoms. The zero-order valence-electron chi connectivity index (χ0n) is 19.9. The Labute approximate surface area is 217 Å². The average Bonchev–Trinajstić information content (AvgIpc) is 3.77. The van der Waals surface area contributed by atoms with Crippen molar-refractivity contribution in [1.82, 2.24) is 25.0 Å². The van der Waals surface area contributed by atoms with Gasteiger partial charge in [-0.1, -0.05) is 23.7 Å². The highest BCUT2D eigenvalue weighted by Gasteiger charge is 2.34. The summed E-state index contributed by atoms with van der Waals surface area (Å²) in [5, 5.41) is 10.6. The number of rotatable bonds is 10. The fourth-order valence-corrected chi connectivity index (χ4v) is 4.34. The number of hydrogen-bond donors (Lipinski definition) is 3. The van der Waals surface area contributed by atoms with Gasteiger partial charge in [-0.05, 0) is 55.5 Å². The van der Waals surface area contributed by atoms with Crippen LogP contribution in [0.25, 0.3) is 10.9 Å². The van der Waals surface area contributed by atoms with Gasteiger partial charge in [-0.25, -0.2) is 4.98 Å². The van der Waals surface area contributed by atoms with Crippen molar-refractivity contribution < 1.29 is 19.2 Å². The minimum atomic E-state index is -0.733. The number of amides is 4. The van der Waals surface area contributed by atoms with E-state index >= 15 is 0 Å². The third kappa shape index (κ3) is 6.05. The molecule has 2 saturated carbocycles. The third-order valence-electron chi connectivity index (χ3n) is 6.24. The van der Waals surface area contributed by atoms with Gasteiger partial charge >= 0.3 is 0 Å². The van der Waals surface area contributed by atoms with Crippen LogP contribution in [0, 0.1) is 0 Å². The first kappa shape index (κ1) is 24.7. The van der Waals surface area contributed by atoms with Gasteiger partial charge in [0.2, 0.25) is 17.7 Å². The summed E-state index contributed by atoms with van der Waals surface area (Å²) in [6.45, 7) is -0.329. The highest BCUT2D eigenvalue weighted by atomic mass is 35.5. The number of hydrogen-bond acceptors (Lipinski definition) is 6. The fourth-order valence-electron chi connectivity index (χ4n) is 4.17. The Kier molecular flexibility index (Phi) is 6.79. The molecule has 0 saturated heterocycles. The number of pyridine rings is 1. The second-order valence-corrected chi connectivity index (χ2v) is 9.77. The number of nitrogens with two attached hydrogens (primary N) is 1. The molecule has 0 unspecified atom stereocenters. The Hall–Kier alpha value is -3.99. The number of nitrogens with one attached hydrogen (secondary N) is 2. The smallest absolute Gasteiger partial charge is 0.269 e. The molecule has 0 bridgehead atoms. The van der Waals surface area contributed by atoms with Crippen LogP contribution in [0.5, 0.6) is 0 Å². The Bertz CT molecular complexity index is 1400. The fraction of sp³-hybridized carbons (Fsp3) is 0.360. The van der Waals surface area contributed by atoms with Crippen LogP contribution in [0.1, 0.15) is 41.7 Å². The molecule has 2 aliphatic rings. The molecular formula is C25H26ClN7O4. The lowest BCUT2D eigenvalue weighted by atomic mass is 10.1. The summed E-state index contributed by atoms with van der Waals surface area (Å²) in [5.41, 5.74) is 6.83. The highest BCUT2D eigenvalue weighted by Crippen LogP contribution is 2.28. The molecule has 4 N–H and O–H groups in total. The van der Waals surface area contributed by atoms with Gasteiger partial charge in [-0.3, -0.25) is 23.9 Å². The molecule has 192 valence electrons. The predicted octanol–water partition coefficient (Wildman–Crippen LogP) is 1.63. The Balaban J connectivity index is 1.31. The Morgan fingerprint density at radius 3 is 2.54 bits per heavy atom. The summed E-state index contributed by atoms with van der Waals surface area (Å²) in [7, 11) is 0. The predicted molar refractivity (Wildman–Crippen MR) is 136 cm³/mol. The summed E-state index contributed by atoms with van der Waals surface area (Å²) in [4.78, 5) is 55.7. The van der Waals surface area contributed by atoms with E-state index in [0.717, 1.165) is 25.7 Å². The first-order chi connectivity index (χ1) is 17.8. The van der Waals surface area contributed by atoms with E-state index in [9.17, 15) is 19.2 Å². The summed E-state index contributed by atoms with van der Waals surface area (Å²) in [6.07, 6.45) is 3.75. The van der Waals surface area contributed by atoms with Crippen LogP contribution in [0.3, 0.4) is 0 Å². The molecule has 0 aliphatic heterocycles. The number of carbonyl (C=O) groups excluding carboxylic acids is 4. The number of aromatic nitrogens is 3. The zero-order chi connectivity index (χ0) is 26.1. The second kappa shape index (κ2) is 10.2. The Morgan fingerprint density at radius 2 is 1.86 bits per heavy atom. The van der Waals surface area contributed by atoms with E-state index in [4.69, 9.17) is 17.3 Å². The maximum atomic E-state index is 13.3. The van der Waals surface area contributed by atoms with Crippen LogP contribution in [0.4, 0.5) is 5.82 Å². The van der Waals surface area contributed by atoms with Crippen molar-refractivity contribution in [3.63, 3.8) is 0 Å². The lowest BCUT2D eigenvalue weighted by Crippen LogP contribution is -2.41. The largest absolute Gasteiger partial charge is 0.364 e. The van der Waals surface area contributed by atoms with Gasteiger partial charge in [0.1, 0.15) is 24.1 Å². The summed E-state index contributed by atoms with van der Waals surface area (Å²) in [6, 6.07) is 10.3. The topological polar surface area (TPSA) is 152 Å². The minimum Gasteiger partial charge on any atom is -0.364 e. The maximum Gasteiger partial charge on any atom is 0.269 e. The van der Waals surface area contributed by atoms with Crippen molar-refractivity contribution in [2.75, 3.05) is 11.9 Å². The quantitative estimate of drug-likeness (QED) is 0.343. The van der Waals surface area contributed by atoms with E-state index < -0.39 is 11.8 Å². The molecule has 2 aliphatic carbocycles. The van der Waals surface area contributed by atoms with Crippen LogP contribution in [0.2, 0.25) is 5.15 Å². The zero-order valence-corrected chi connectivity index (χ0v) is 20.7. The maximum absolute atomic E-state index is 13.3. The molecular weight excluding hydrogens is 498 g/mol. The number of nitrogens with zero attached hydrogens (tertiary/aromatic N) is 4. The number of primary amides is 1. The number of halogens is 1. The molecule has 11 nitrogen and oxygen atoms in total. The van der Waals surface area contributed by atoms with Crippen LogP contribution in [-0.2, 0) is 27.3 Å². The molecule has 0 atom stereocenters. The molecule has 3 aromatic rings. The van der Waals surface area contributed by atoms with E-state index in [0.29, 0.717) is 22.3 Å². The van der Waals surface area contributed by atoms with E-state index in [1.165, 1.54) is 9.58 Å². The number of carbonyl (C=O) groups is 4. The summed E-state index contributed by atoms with van der Waals surface area (Å²) < 4.78 is 1.41. The molecule has 37 heavy (non-hydrogen) atoms. The van der Waals surface area contributed by atoms with Crippen molar-refractivity contribution >= 4 is 52.0 Å². The van der Waals surface area contributed by atoms with Gasteiger partial charge in [0, 0.05) is 17.5 Å². The first-order valence-electron chi connectivity index (χ1n) is 12.1. The lowest BCUT2D eigenvalue weighted by Gasteiger charge is -2.22. The van der Waals surface area contributed by atoms with Gasteiger partial charge in [0.05, 0.1) is 11.9 Å². The number of anilines is 1. The van der Waals surface area contributed by atoms with E-state index in [-0.39, 0.29) is 54.3 Å². The number of benzene rings is 1. The molecule has 5 rings (SSSR count). The monoisotopic (exact) mass is 523 g/mol. The van der Waals surface area contributed by atoms with E-state index in [1.54, 1.807) is 36.4 Å². The number of fused-ring (bicyclic) bond motifs is 1. The van der Waals surface area contributed by atoms with Gasteiger partial charge in [-0.2, -0.15) is 5.10 Å². The van der Waals surface area contributed by atoms with Gasteiger partial charge in [-0.15, -0.1) is 0 Å². The van der Waals surface area contributed by atoms with Crippen molar-refractivity contribution in [3.8, 4) is 0 Å². The van der Waals surface area contributed by atoms with Gasteiger partial charge in [0.15, 0.2) is 5.69 Å². The molecule has 1 aromatic carbocycles. The molecule has 2 aromatic heterocycles. The molecule has 4 amide bonds. The highest BCUT2D eigenvalue weighted by molar-refractivity contribution is 6.29. The van der Waals surface area contributed by atoms with E-state index in [1.807, 2.05) is 0 Å². The third-order valence-corrected chi connectivity index (χ3v) is 6.46. The summed E-state index contributed by atoms with van der Waals surface area (Å²) >= 11 is 5.87. The standard InChI is InChI=1S/C25H26ClN7O4/c26-19-2-1-3-20(29-19)30-22(35)12-32(16-7-8-16)23(36)13-33-18-9-4-14(11-21(34)28-15-5-6-15)10-17(18)24(31-33)25(27)37/h1-4,9-10,15-16H,5-8,11-13H2,(H2,27,37)(H,28,34)(H,29,30,35). The van der Waals surface area contributed by atoms with Gasteiger partial charge in [0.25, 0.3) is 5.91 Å². The molecule has 2 heterocycles. The molecule has 0 radical (unpaired) electrons. The minimum absolute atomic E-state index is 0.0231. The van der Waals surface area contributed by atoms with Crippen LogP contribution in [-0.4, -0.2) is 61.9 Å². The van der Waals surface area contributed by atoms with Crippen molar-refractivity contribution in [1.29, 1.82) is 0 Å². The normalized spacial score (nSPS) is 14.8. The molecule has 12 heteroatoms. The van der Waals surface area contributed by atoms with Crippen LogP contribution in [0.15, 0.2) is 36.4 Å².